The standard InChI is InChI=1S/C18H20OS/c1-2-20-17-13-11-16(12-14-17)18(19)10-6-9-15-7-4-3-5-8-15/h3-5,7-8,11-14H,2,6,9-10H2,1H3. The van der Waals surface area contributed by atoms with E-state index in [0.717, 1.165) is 24.2 Å². The van der Waals surface area contributed by atoms with E-state index >= 15 is 0 Å². The second-order valence-corrected chi connectivity index (χ2v) is 6.06. The highest BCUT2D eigenvalue weighted by molar-refractivity contribution is 7.99. The molecule has 2 heteroatoms. The van der Waals surface area contributed by atoms with Crippen LogP contribution >= 0.6 is 11.8 Å². The van der Waals surface area contributed by atoms with Crippen molar-refractivity contribution in [2.24, 2.45) is 0 Å². The normalized spacial score (nSPS) is 10.4. The van der Waals surface area contributed by atoms with Crippen molar-refractivity contribution in [3.63, 3.8) is 0 Å². The molecule has 0 heterocycles. The van der Waals surface area contributed by atoms with Crippen LogP contribution in [-0.2, 0) is 6.42 Å². The van der Waals surface area contributed by atoms with Crippen LogP contribution < -0.4 is 0 Å². The van der Waals surface area contributed by atoms with Crippen molar-refractivity contribution < 1.29 is 4.79 Å². The van der Waals surface area contributed by atoms with Gasteiger partial charge in [0.1, 0.15) is 0 Å². The van der Waals surface area contributed by atoms with Crippen LogP contribution in [0.15, 0.2) is 59.5 Å². The molecule has 0 amide bonds. The molecule has 0 radical (unpaired) electrons. The minimum Gasteiger partial charge on any atom is -0.294 e. The first-order valence-electron chi connectivity index (χ1n) is 7.09. The van der Waals surface area contributed by atoms with Gasteiger partial charge in [-0.1, -0.05) is 49.4 Å². The van der Waals surface area contributed by atoms with E-state index in [1.54, 1.807) is 11.8 Å². The summed E-state index contributed by atoms with van der Waals surface area (Å²) in [5.74, 6) is 1.30. The largest absolute Gasteiger partial charge is 0.294 e. The van der Waals surface area contributed by atoms with Gasteiger partial charge in [0, 0.05) is 16.9 Å². The van der Waals surface area contributed by atoms with Gasteiger partial charge in [0.05, 0.1) is 0 Å². The lowest BCUT2D eigenvalue weighted by molar-refractivity contribution is 0.0980. The number of hydrogen-bond donors (Lipinski definition) is 0. The maximum atomic E-state index is 12.1. The van der Waals surface area contributed by atoms with E-state index in [-0.39, 0.29) is 5.78 Å². The zero-order valence-electron chi connectivity index (χ0n) is 11.8. The van der Waals surface area contributed by atoms with Gasteiger partial charge < -0.3 is 0 Å². The van der Waals surface area contributed by atoms with E-state index in [1.165, 1.54) is 10.5 Å². The summed E-state index contributed by atoms with van der Waals surface area (Å²) in [7, 11) is 0. The van der Waals surface area contributed by atoms with Crippen LogP contribution in [0.2, 0.25) is 0 Å². The van der Waals surface area contributed by atoms with Gasteiger partial charge in [-0.15, -0.1) is 11.8 Å². The van der Waals surface area contributed by atoms with Crippen molar-refractivity contribution in [3.05, 3.63) is 65.7 Å². The predicted octanol–water partition coefficient (Wildman–Crippen LogP) is 5.00. The molecule has 0 atom stereocenters. The van der Waals surface area contributed by atoms with Crippen molar-refractivity contribution in [1.82, 2.24) is 0 Å². The average molecular weight is 284 g/mol. The number of rotatable bonds is 7. The Bertz CT molecular complexity index is 531. The van der Waals surface area contributed by atoms with Gasteiger partial charge in [-0.05, 0) is 36.3 Å². The highest BCUT2D eigenvalue weighted by Crippen LogP contribution is 2.18. The third kappa shape index (κ3) is 4.53. The smallest absolute Gasteiger partial charge is 0.162 e. The van der Waals surface area contributed by atoms with Gasteiger partial charge in [-0.25, -0.2) is 0 Å². The number of hydrogen-bond acceptors (Lipinski definition) is 2. The summed E-state index contributed by atoms with van der Waals surface area (Å²) in [4.78, 5) is 13.3. The monoisotopic (exact) mass is 284 g/mol. The molecular formula is C18H20OS. The van der Waals surface area contributed by atoms with E-state index in [0.29, 0.717) is 6.42 Å². The molecule has 0 aliphatic heterocycles. The van der Waals surface area contributed by atoms with Crippen LogP contribution in [0, 0.1) is 0 Å². The SMILES string of the molecule is CCSc1ccc(C(=O)CCCc2ccccc2)cc1. The second-order valence-electron chi connectivity index (χ2n) is 4.72. The van der Waals surface area contributed by atoms with Gasteiger partial charge in [0.2, 0.25) is 0 Å². The summed E-state index contributed by atoms with van der Waals surface area (Å²) in [5.41, 5.74) is 2.13. The van der Waals surface area contributed by atoms with E-state index < -0.39 is 0 Å². The summed E-state index contributed by atoms with van der Waals surface area (Å²) in [6.45, 7) is 2.13. The van der Waals surface area contributed by atoms with Crippen molar-refractivity contribution in [2.75, 3.05) is 5.75 Å². The lowest BCUT2D eigenvalue weighted by atomic mass is 10.0. The molecular weight excluding hydrogens is 264 g/mol. The molecule has 0 saturated carbocycles. The first kappa shape index (κ1) is 14.9. The Labute approximate surface area is 125 Å². The molecule has 0 fully saturated rings. The summed E-state index contributed by atoms with van der Waals surface area (Å²) < 4.78 is 0. The number of aryl methyl sites for hydroxylation is 1. The Hall–Kier alpha value is -1.54. The molecule has 1 nitrogen and oxygen atoms in total. The third-order valence-corrected chi connectivity index (χ3v) is 4.09. The Morgan fingerprint density at radius 1 is 1.00 bits per heavy atom. The van der Waals surface area contributed by atoms with Crippen LogP contribution in [0.4, 0.5) is 0 Å². The fourth-order valence-corrected chi connectivity index (χ4v) is 2.81. The molecule has 0 saturated heterocycles. The summed E-state index contributed by atoms with van der Waals surface area (Å²) >= 11 is 1.80. The third-order valence-electron chi connectivity index (χ3n) is 3.20. The zero-order valence-corrected chi connectivity index (χ0v) is 12.7. The minimum absolute atomic E-state index is 0.244. The second kappa shape index (κ2) is 7.91. The molecule has 0 aliphatic rings. The van der Waals surface area contributed by atoms with Gasteiger partial charge in [0.15, 0.2) is 5.78 Å². The molecule has 0 spiro atoms. The van der Waals surface area contributed by atoms with Gasteiger partial charge in [-0.2, -0.15) is 0 Å². The summed E-state index contributed by atoms with van der Waals surface area (Å²) in [6, 6.07) is 18.3. The Kier molecular flexibility index (Phi) is 5.87. The summed E-state index contributed by atoms with van der Waals surface area (Å²) in [5, 5.41) is 0. The minimum atomic E-state index is 0.244. The van der Waals surface area contributed by atoms with Crippen LogP contribution in [0.5, 0.6) is 0 Å². The maximum Gasteiger partial charge on any atom is 0.162 e. The Morgan fingerprint density at radius 2 is 1.70 bits per heavy atom. The Balaban J connectivity index is 1.82. The highest BCUT2D eigenvalue weighted by Gasteiger charge is 2.05. The lowest BCUT2D eigenvalue weighted by Crippen LogP contribution is -1.99. The fraction of sp³-hybridized carbons (Fsp3) is 0.278. The number of carbonyl (C=O) groups is 1. The van der Waals surface area contributed by atoms with Gasteiger partial charge in [0.25, 0.3) is 0 Å². The number of benzene rings is 2. The molecule has 0 N–H and O–H groups in total. The van der Waals surface area contributed by atoms with Crippen molar-refractivity contribution in [1.29, 1.82) is 0 Å². The number of ketones is 1. The molecule has 0 aliphatic carbocycles. The van der Waals surface area contributed by atoms with E-state index in [4.69, 9.17) is 0 Å². The number of carbonyl (C=O) groups excluding carboxylic acids is 1. The highest BCUT2D eigenvalue weighted by atomic mass is 32.2. The van der Waals surface area contributed by atoms with Crippen LogP contribution in [-0.4, -0.2) is 11.5 Å². The van der Waals surface area contributed by atoms with Crippen molar-refractivity contribution in [3.8, 4) is 0 Å². The van der Waals surface area contributed by atoms with E-state index in [2.05, 4.69) is 19.1 Å². The summed E-state index contributed by atoms with van der Waals surface area (Å²) in [6.07, 6.45) is 2.50. The average Bonchev–Trinajstić information content (AvgIpc) is 2.49. The molecule has 0 aromatic heterocycles. The first-order chi connectivity index (χ1) is 9.79. The number of Topliss-reactive ketones (excluding diaryl/α,β-unsaturated/α-hetero) is 1. The molecule has 0 unspecified atom stereocenters. The number of thioether (sulfide) groups is 1. The Morgan fingerprint density at radius 3 is 2.35 bits per heavy atom. The van der Waals surface area contributed by atoms with Crippen molar-refractivity contribution in [2.45, 2.75) is 31.1 Å². The van der Waals surface area contributed by atoms with Gasteiger partial charge >= 0.3 is 0 Å². The molecule has 20 heavy (non-hydrogen) atoms. The molecule has 2 aromatic carbocycles. The van der Waals surface area contributed by atoms with Crippen molar-refractivity contribution >= 4 is 17.5 Å². The molecule has 2 rings (SSSR count). The molecule has 0 bridgehead atoms. The van der Waals surface area contributed by atoms with Gasteiger partial charge in [-0.3, -0.25) is 4.79 Å². The predicted molar refractivity (Wildman–Crippen MR) is 86.6 cm³/mol. The first-order valence-corrected chi connectivity index (χ1v) is 8.08. The van der Waals surface area contributed by atoms with Crippen LogP contribution in [0.3, 0.4) is 0 Å². The van der Waals surface area contributed by atoms with Crippen LogP contribution in [0.25, 0.3) is 0 Å². The quantitative estimate of drug-likeness (QED) is 0.525. The molecule has 104 valence electrons. The fourth-order valence-electron chi connectivity index (χ4n) is 2.15. The molecule has 2 aromatic rings. The maximum absolute atomic E-state index is 12.1. The van der Waals surface area contributed by atoms with Crippen LogP contribution in [0.1, 0.15) is 35.7 Å². The topological polar surface area (TPSA) is 17.1 Å². The van der Waals surface area contributed by atoms with E-state index in [9.17, 15) is 4.79 Å². The van der Waals surface area contributed by atoms with E-state index in [1.807, 2.05) is 42.5 Å². The zero-order chi connectivity index (χ0) is 14.2. The lowest BCUT2D eigenvalue weighted by Gasteiger charge is -2.03.